The van der Waals surface area contributed by atoms with Crippen molar-refractivity contribution in [2.75, 3.05) is 7.11 Å². The molecule has 0 saturated heterocycles. The standard InChI is InChI=1S/C13H16BrIN4O/c1-3-19-13(11(20-2)7-17-19)12(18-16)9-6-8(15)4-5-10(9)14/h4-7,12,18H,3,16H2,1-2H3. The van der Waals surface area contributed by atoms with Gasteiger partial charge in [-0.05, 0) is 53.3 Å². The lowest BCUT2D eigenvalue weighted by Crippen LogP contribution is -2.31. The molecule has 7 heteroatoms. The first kappa shape index (κ1) is 15.7. The second-order valence-corrected chi connectivity index (χ2v) is 6.28. The number of methoxy groups -OCH3 is 1. The summed E-state index contributed by atoms with van der Waals surface area (Å²) >= 11 is 5.86. The van der Waals surface area contributed by atoms with Gasteiger partial charge in [-0.3, -0.25) is 10.5 Å². The van der Waals surface area contributed by atoms with E-state index in [2.05, 4.69) is 55.1 Å². The summed E-state index contributed by atoms with van der Waals surface area (Å²) in [7, 11) is 1.64. The van der Waals surface area contributed by atoms with Gasteiger partial charge in [0.05, 0.1) is 19.3 Å². The molecule has 2 rings (SSSR count). The number of halogens is 2. The van der Waals surface area contributed by atoms with Crippen LogP contribution in [0.2, 0.25) is 0 Å². The highest BCUT2D eigenvalue weighted by Crippen LogP contribution is 2.34. The summed E-state index contributed by atoms with van der Waals surface area (Å²) in [6.07, 6.45) is 1.71. The molecule has 20 heavy (non-hydrogen) atoms. The number of benzene rings is 1. The lowest BCUT2D eigenvalue weighted by molar-refractivity contribution is 0.399. The Balaban J connectivity index is 2.57. The van der Waals surface area contributed by atoms with Crippen LogP contribution in [0.25, 0.3) is 0 Å². The van der Waals surface area contributed by atoms with E-state index in [-0.39, 0.29) is 6.04 Å². The van der Waals surface area contributed by atoms with Gasteiger partial charge in [0.25, 0.3) is 0 Å². The van der Waals surface area contributed by atoms with Crippen LogP contribution in [-0.4, -0.2) is 16.9 Å². The van der Waals surface area contributed by atoms with Crippen molar-refractivity contribution in [2.24, 2.45) is 5.84 Å². The molecule has 1 aromatic carbocycles. The maximum atomic E-state index is 5.79. The Hall–Kier alpha value is -0.640. The maximum Gasteiger partial charge on any atom is 0.161 e. The highest BCUT2D eigenvalue weighted by Gasteiger charge is 2.24. The molecule has 0 radical (unpaired) electrons. The third-order valence-corrected chi connectivity index (χ3v) is 4.47. The number of aryl methyl sites for hydroxylation is 1. The van der Waals surface area contributed by atoms with Crippen LogP contribution in [0, 0.1) is 3.57 Å². The van der Waals surface area contributed by atoms with Crippen LogP contribution in [0.5, 0.6) is 5.75 Å². The maximum absolute atomic E-state index is 5.79. The largest absolute Gasteiger partial charge is 0.493 e. The van der Waals surface area contributed by atoms with Gasteiger partial charge in [0.15, 0.2) is 5.75 Å². The Morgan fingerprint density at radius 3 is 2.90 bits per heavy atom. The number of nitrogens with two attached hydrogens (primary N) is 1. The van der Waals surface area contributed by atoms with Gasteiger partial charge < -0.3 is 4.74 Å². The van der Waals surface area contributed by atoms with Crippen molar-refractivity contribution in [2.45, 2.75) is 19.5 Å². The Labute approximate surface area is 140 Å². The predicted octanol–water partition coefficient (Wildman–Crippen LogP) is 2.83. The van der Waals surface area contributed by atoms with E-state index in [0.29, 0.717) is 0 Å². The Morgan fingerprint density at radius 2 is 2.30 bits per heavy atom. The van der Waals surface area contributed by atoms with E-state index in [1.165, 1.54) is 0 Å². The second kappa shape index (κ2) is 6.88. The summed E-state index contributed by atoms with van der Waals surface area (Å²) in [6, 6.07) is 5.94. The fraction of sp³-hybridized carbons (Fsp3) is 0.308. The van der Waals surface area contributed by atoms with Crippen molar-refractivity contribution in [1.29, 1.82) is 0 Å². The van der Waals surface area contributed by atoms with E-state index in [9.17, 15) is 0 Å². The summed E-state index contributed by atoms with van der Waals surface area (Å²) in [5.41, 5.74) is 4.83. The number of aromatic nitrogens is 2. The minimum absolute atomic E-state index is 0.198. The minimum Gasteiger partial charge on any atom is -0.493 e. The SMILES string of the molecule is CCn1ncc(OC)c1C(NN)c1cc(I)ccc1Br. The average Bonchev–Trinajstić information content (AvgIpc) is 2.86. The molecule has 0 bridgehead atoms. The topological polar surface area (TPSA) is 65.1 Å². The first-order valence-electron chi connectivity index (χ1n) is 6.13. The first-order chi connectivity index (χ1) is 9.62. The van der Waals surface area contributed by atoms with Crippen molar-refractivity contribution in [3.8, 4) is 5.75 Å². The van der Waals surface area contributed by atoms with E-state index < -0.39 is 0 Å². The highest BCUT2D eigenvalue weighted by atomic mass is 127. The Kier molecular flexibility index (Phi) is 5.42. The molecule has 0 saturated carbocycles. The Bertz CT molecular complexity index is 581. The van der Waals surface area contributed by atoms with Crippen LogP contribution in [0.15, 0.2) is 28.9 Å². The molecule has 1 unspecified atom stereocenters. The lowest BCUT2D eigenvalue weighted by Gasteiger charge is -2.20. The molecular weight excluding hydrogens is 435 g/mol. The van der Waals surface area contributed by atoms with E-state index in [0.717, 1.165) is 31.6 Å². The van der Waals surface area contributed by atoms with Crippen LogP contribution in [0.4, 0.5) is 0 Å². The van der Waals surface area contributed by atoms with Gasteiger partial charge in [-0.15, -0.1) is 0 Å². The van der Waals surface area contributed by atoms with Gasteiger partial charge in [0.1, 0.15) is 5.69 Å². The summed E-state index contributed by atoms with van der Waals surface area (Å²) in [4.78, 5) is 0. The monoisotopic (exact) mass is 450 g/mol. The number of hydrogen-bond donors (Lipinski definition) is 2. The molecule has 108 valence electrons. The molecule has 2 aromatic rings. The number of nitrogens with one attached hydrogen (secondary N) is 1. The van der Waals surface area contributed by atoms with Gasteiger partial charge in [-0.2, -0.15) is 5.10 Å². The fourth-order valence-corrected chi connectivity index (χ4v) is 3.12. The molecule has 0 aliphatic rings. The van der Waals surface area contributed by atoms with Crippen molar-refractivity contribution >= 4 is 38.5 Å². The third-order valence-electron chi connectivity index (χ3n) is 3.07. The predicted molar refractivity (Wildman–Crippen MR) is 90.5 cm³/mol. The van der Waals surface area contributed by atoms with Crippen molar-refractivity contribution in [3.63, 3.8) is 0 Å². The van der Waals surface area contributed by atoms with Gasteiger partial charge in [-0.1, -0.05) is 15.9 Å². The van der Waals surface area contributed by atoms with Crippen molar-refractivity contribution in [3.05, 3.63) is 43.7 Å². The molecule has 0 aliphatic heterocycles. The van der Waals surface area contributed by atoms with Crippen LogP contribution in [0.1, 0.15) is 24.2 Å². The normalized spacial score (nSPS) is 12.4. The molecule has 0 fully saturated rings. The number of hydrazine groups is 1. The molecule has 5 nitrogen and oxygen atoms in total. The van der Waals surface area contributed by atoms with E-state index in [1.54, 1.807) is 13.3 Å². The van der Waals surface area contributed by atoms with Crippen molar-refractivity contribution < 1.29 is 4.74 Å². The van der Waals surface area contributed by atoms with Crippen LogP contribution >= 0.6 is 38.5 Å². The summed E-state index contributed by atoms with van der Waals surface area (Å²) in [5, 5.41) is 4.33. The molecule has 3 N–H and O–H groups in total. The van der Waals surface area contributed by atoms with Crippen molar-refractivity contribution in [1.82, 2.24) is 15.2 Å². The zero-order valence-corrected chi connectivity index (χ0v) is 15.0. The fourth-order valence-electron chi connectivity index (χ4n) is 2.13. The molecule has 0 aliphatic carbocycles. The van der Waals surface area contributed by atoms with E-state index >= 15 is 0 Å². The molecule has 1 heterocycles. The van der Waals surface area contributed by atoms with Crippen LogP contribution in [-0.2, 0) is 6.54 Å². The van der Waals surface area contributed by atoms with E-state index in [4.69, 9.17) is 10.6 Å². The molecule has 1 aromatic heterocycles. The summed E-state index contributed by atoms with van der Waals surface area (Å²) in [6.45, 7) is 2.78. The number of hydrogen-bond acceptors (Lipinski definition) is 4. The second-order valence-electron chi connectivity index (χ2n) is 4.18. The molecule has 0 amide bonds. The zero-order chi connectivity index (χ0) is 14.7. The number of ether oxygens (including phenoxy) is 1. The molecular formula is C13H16BrIN4O. The molecule has 1 atom stereocenters. The number of nitrogens with zero attached hydrogens (tertiary/aromatic N) is 2. The van der Waals surface area contributed by atoms with Crippen LogP contribution < -0.4 is 16.0 Å². The first-order valence-corrected chi connectivity index (χ1v) is 8.00. The van der Waals surface area contributed by atoms with Gasteiger partial charge >= 0.3 is 0 Å². The highest BCUT2D eigenvalue weighted by molar-refractivity contribution is 14.1. The summed E-state index contributed by atoms with van der Waals surface area (Å²) < 4.78 is 9.42. The van der Waals surface area contributed by atoms with Gasteiger partial charge in [0, 0.05) is 14.6 Å². The zero-order valence-electron chi connectivity index (χ0n) is 11.2. The lowest BCUT2D eigenvalue weighted by atomic mass is 10.0. The van der Waals surface area contributed by atoms with Gasteiger partial charge in [0.2, 0.25) is 0 Å². The van der Waals surface area contributed by atoms with Crippen LogP contribution in [0.3, 0.4) is 0 Å². The quantitative estimate of drug-likeness (QED) is 0.417. The minimum atomic E-state index is -0.198. The van der Waals surface area contributed by atoms with Gasteiger partial charge in [-0.25, -0.2) is 5.43 Å². The Morgan fingerprint density at radius 1 is 1.55 bits per heavy atom. The molecule has 0 spiro atoms. The third kappa shape index (κ3) is 3.00. The summed E-state index contributed by atoms with van der Waals surface area (Å²) in [5.74, 6) is 6.51. The average molecular weight is 451 g/mol. The van der Waals surface area contributed by atoms with E-state index in [1.807, 2.05) is 23.7 Å². The number of rotatable bonds is 5. The smallest absolute Gasteiger partial charge is 0.161 e.